The molecule has 220 valence electrons. The smallest absolute Gasteiger partial charge is 0.313 e. The van der Waals surface area contributed by atoms with Crippen LogP contribution in [0.1, 0.15) is 60.2 Å². The molecule has 43 heavy (non-hydrogen) atoms. The van der Waals surface area contributed by atoms with E-state index < -0.39 is 46.9 Å². The van der Waals surface area contributed by atoms with Crippen LogP contribution in [0.3, 0.4) is 0 Å². The number of hydrogen-bond acceptors (Lipinski definition) is 6. The predicted octanol–water partition coefficient (Wildman–Crippen LogP) is 4.31. The van der Waals surface area contributed by atoms with E-state index in [4.69, 9.17) is 0 Å². The van der Waals surface area contributed by atoms with Gasteiger partial charge in [0.25, 0.3) is 5.91 Å². The van der Waals surface area contributed by atoms with Gasteiger partial charge in [-0.25, -0.2) is 13.8 Å². The second-order valence-electron chi connectivity index (χ2n) is 11.0. The van der Waals surface area contributed by atoms with Gasteiger partial charge >= 0.3 is 5.97 Å². The largest absolute Gasteiger partial charge is 0.481 e. The van der Waals surface area contributed by atoms with E-state index in [2.05, 4.69) is 26.6 Å². The number of nitrogens with zero attached hydrogens (tertiary/aromatic N) is 4. The Bertz CT molecular complexity index is 1790. The highest BCUT2D eigenvalue weighted by Gasteiger charge is 2.42. The number of carbonyl (C=O) groups is 3. The van der Waals surface area contributed by atoms with Gasteiger partial charge in [-0.15, -0.1) is 0 Å². The van der Waals surface area contributed by atoms with E-state index in [1.54, 1.807) is 13.0 Å². The van der Waals surface area contributed by atoms with Crippen molar-refractivity contribution >= 4 is 28.8 Å². The molecule has 0 saturated carbocycles. The molecular formula is C31H28F2N6O4. The van der Waals surface area contributed by atoms with Crippen LogP contribution >= 0.6 is 0 Å². The van der Waals surface area contributed by atoms with Gasteiger partial charge in [0.15, 0.2) is 0 Å². The van der Waals surface area contributed by atoms with Crippen molar-refractivity contribution in [2.24, 2.45) is 0 Å². The average molecular weight is 587 g/mol. The van der Waals surface area contributed by atoms with E-state index >= 15 is 4.39 Å². The average Bonchev–Trinajstić information content (AvgIpc) is 3.42. The lowest BCUT2D eigenvalue weighted by Gasteiger charge is -2.38. The number of pyridine rings is 1. The molecule has 5 rings (SSSR count). The van der Waals surface area contributed by atoms with Gasteiger partial charge in [0, 0.05) is 12.1 Å². The van der Waals surface area contributed by atoms with Crippen LogP contribution in [0, 0.1) is 23.0 Å². The summed E-state index contributed by atoms with van der Waals surface area (Å²) in [6.45, 7) is 4.85. The number of halogens is 2. The van der Waals surface area contributed by atoms with Crippen LogP contribution < -0.4 is 5.32 Å². The second kappa shape index (κ2) is 11.2. The zero-order valence-electron chi connectivity index (χ0n) is 23.6. The first kappa shape index (κ1) is 29.3. The highest BCUT2D eigenvalue weighted by molar-refractivity contribution is 6.02. The van der Waals surface area contributed by atoms with Gasteiger partial charge < -0.3 is 15.3 Å². The molecule has 0 radical (unpaired) electrons. The third-order valence-electron chi connectivity index (χ3n) is 7.82. The fourth-order valence-corrected chi connectivity index (χ4v) is 5.82. The number of nitriles is 1. The van der Waals surface area contributed by atoms with Gasteiger partial charge in [-0.3, -0.25) is 19.5 Å². The first-order valence-corrected chi connectivity index (χ1v) is 13.6. The molecule has 2 amide bonds. The SMILES string of the molecule is CC[C@H](C(=O)NC(C)(C)C(C(=O)O)c1ccc(F)cc1)N1CCc2c(-c3nc4cn[nH]c4cc3C#N)ccc(F)c2C1=O. The predicted molar refractivity (Wildman–Crippen MR) is 152 cm³/mol. The number of hydrogen-bond donors (Lipinski definition) is 3. The molecule has 1 unspecified atom stereocenters. The number of rotatable bonds is 8. The number of benzene rings is 2. The summed E-state index contributed by atoms with van der Waals surface area (Å²) in [6, 6.07) is 10.3. The van der Waals surface area contributed by atoms with Crippen LogP contribution in [0.4, 0.5) is 8.78 Å². The summed E-state index contributed by atoms with van der Waals surface area (Å²) < 4.78 is 28.8. The monoisotopic (exact) mass is 586 g/mol. The van der Waals surface area contributed by atoms with Gasteiger partial charge in [0.05, 0.1) is 34.1 Å². The first-order valence-electron chi connectivity index (χ1n) is 13.6. The molecule has 3 heterocycles. The van der Waals surface area contributed by atoms with Crippen molar-refractivity contribution in [2.45, 2.75) is 51.1 Å². The molecule has 2 aromatic heterocycles. The maximum Gasteiger partial charge on any atom is 0.313 e. The van der Waals surface area contributed by atoms with Crippen LogP contribution in [0.25, 0.3) is 22.3 Å². The molecule has 0 spiro atoms. The topological polar surface area (TPSA) is 152 Å². The molecule has 0 aliphatic carbocycles. The summed E-state index contributed by atoms with van der Waals surface area (Å²) in [6.07, 6.45) is 1.86. The van der Waals surface area contributed by atoms with Crippen LogP contribution in [0.5, 0.6) is 0 Å². The first-order chi connectivity index (χ1) is 20.5. The molecular weight excluding hydrogens is 558 g/mol. The van der Waals surface area contributed by atoms with Crippen molar-refractivity contribution in [1.29, 1.82) is 5.26 Å². The van der Waals surface area contributed by atoms with Gasteiger partial charge in [-0.1, -0.05) is 19.1 Å². The van der Waals surface area contributed by atoms with Crippen molar-refractivity contribution in [3.8, 4) is 17.3 Å². The van der Waals surface area contributed by atoms with Crippen molar-refractivity contribution in [3.63, 3.8) is 0 Å². The number of H-pyrrole nitrogens is 1. The summed E-state index contributed by atoms with van der Waals surface area (Å²) in [4.78, 5) is 45.5. The second-order valence-corrected chi connectivity index (χ2v) is 11.0. The van der Waals surface area contributed by atoms with Gasteiger partial charge in [-0.05, 0) is 68.1 Å². The molecule has 4 aromatic rings. The van der Waals surface area contributed by atoms with Gasteiger partial charge in [0.1, 0.15) is 35.2 Å². The van der Waals surface area contributed by atoms with Crippen LogP contribution in [-0.2, 0) is 16.0 Å². The fourth-order valence-electron chi connectivity index (χ4n) is 5.82. The minimum atomic E-state index is -1.34. The highest BCUT2D eigenvalue weighted by atomic mass is 19.1. The minimum absolute atomic E-state index is 0.0742. The Kier molecular flexibility index (Phi) is 7.67. The third kappa shape index (κ3) is 5.30. The number of carboxylic acids is 1. The van der Waals surface area contributed by atoms with E-state index in [1.807, 2.05) is 0 Å². The molecule has 1 aliphatic rings. The maximum absolute atomic E-state index is 15.3. The molecule has 2 aromatic carbocycles. The van der Waals surface area contributed by atoms with E-state index in [0.29, 0.717) is 33.4 Å². The minimum Gasteiger partial charge on any atom is -0.481 e. The van der Waals surface area contributed by atoms with E-state index in [-0.39, 0.29) is 30.5 Å². The molecule has 2 atom stereocenters. The summed E-state index contributed by atoms with van der Waals surface area (Å²) in [5.41, 5.74) is 1.14. The third-order valence-corrected chi connectivity index (χ3v) is 7.82. The van der Waals surface area contributed by atoms with E-state index in [1.165, 1.54) is 43.1 Å². The van der Waals surface area contributed by atoms with Crippen LogP contribution in [-0.4, -0.2) is 61.1 Å². The number of amides is 2. The zero-order chi connectivity index (χ0) is 31.1. The quantitative estimate of drug-likeness (QED) is 0.278. The fraction of sp³-hybridized carbons (Fsp3) is 0.290. The lowest BCUT2D eigenvalue weighted by atomic mass is 9.81. The van der Waals surface area contributed by atoms with Crippen LogP contribution in [0.2, 0.25) is 0 Å². The molecule has 0 bridgehead atoms. The van der Waals surface area contributed by atoms with Crippen molar-refractivity contribution in [1.82, 2.24) is 25.4 Å². The molecule has 10 nitrogen and oxygen atoms in total. The number of aromatic nitrogens is 3. The summed E-state index contributed by atoms with van der Waals surface area (Å²) >= 11 is 0. The van der Waals surface area contributed by atoms with Gasteiger partial charge in [0.2, 0.25) is 5.91 Å². The maximum atomic E-state index is 15.3. The van der Waals surface area contributed by atoms with Crippen LogP contribution in [0.15, 0.2) is 48.7 Å². The Balaban J connectivity index is 1.46. The molecule has 0 fully saturated rings. The summed E-state index contributed by atoms with van der Waals surface area (Å²) in [5.74, 6) is -5.04. The summed E-state index contributed by atoms with van der Waals surface area (Å²) in [5, 5.41) is 29.2. The van der Waals surface area contributed by atoms with E-state index in [9.17, 15) is 29.1 Å². The lowest BCUT2D eigenvalue weighted by Crippen LogP contribution is -2.58. The van der Waals surface area contributed by atoms with Gasteiger partial charge in [-0.2, -0.15) is 10.4 Å². The number of aliphatic carboxylic acids is 1. The van der Waals surface area contributed by atoms with Crippen molar-refractivity contribution < 1.29 is 28.3 Å². The Morgan fingerprint density at radius 3 is 2.58 bits per heavy atom. The zero-order valence-corrected chi connectivity index (χ0v) is 23.6. The highest BCUT2D eigenvalue weighted by Crippen LogP contribution is 2.35. The number of nitrogens with one attached hydrogen (secondary N) is 2. The Morgan fingerprint density at radius 1 is 1.21 bits per heavy atom. The molecule has 1 aliphatic heterocycles. The molecule has 3 N–H and O–H groups in total. The summed E-state index contributed by atoms with van der Waals surface area (Å²) in [7, 11) is 0. The Hall–Kier alpha value is -5.18. The number of fused-ring (bicyclic) bond motifs is 2. The Morgan fingerprint density at radius 2 is 1.93 bits per heavy atom. The standard InChI is InChI=1S/C31H28F2N6O4/c1-4-24(28(40)37-31(2,3)26(30(42)43)16-5-7-18(32)8-6-16)39-12-11-19-20(9-10-21(33)25(19)29(39)41)27-17(14-34)13-22-23(36-27)15-35-38-22/h5-10,13,15,24,26H,4,11-12H2,1-3H3,(H,35,38)(H,37,40)(H,42,43)/t24-,26?/m1/s1. The Labute approximate surface area is 245 Å². The lowest BCUT2D eigenvalue weighted by molar-refractivity contribution is -0.141. The number of aromatic amines is 1. The number of carboxylic acid groups (broad SMARTS) is 1. The van der Waals surface area contributed by atoms with E-state index in [0.717, 1.165) is 18.2 Å². The van der Waals surface area contributed by atoms with Crippen molar-refractivity contribution in [2.75, 3.05) is 6.54 Å². The number of carbonyl (C=O) groups excluding carboxylic acids is 2. The molecule has 0 saturated heterocycles. The van der Waals surface area contributed by atoms with Crippen molar-refractivity contribution in [3.05, 3.63) is 82.5 Å². The molecule has 12 heteroatoms. The normalized spacial score (nSPS) is 14.6.